The first-order chi connectivity index (χ1) is 19.5. The lowest BCUT2D eigenvalue weighted by molar-refractivity contribution is -0.126. The van der Waals surface area contributed by atoms with Gasteiger partial charge in [0.1, 0.15) is 5.60 Å². The number of fused-ring (bicyclic) bond motifs is 2. The average Bonchev–Trinajstić information content (AvgIpc) is 3.69. The van der Waals surface area contributed by atoms with Gasteiger partial charge in [-0.2, -0.15) is 9.57 Å². The number of rotatable bonds is 8. The molecule has 1 aromatic carbocycles. The Morgan fingerprint density at radius 2 is 1.83 bits per heavy atom. The number of piperidine rings is 1. The Morgan fingerprint density at radius 3 is 2.49 bits per heavy atom. The molecular weight excluding hydrogens is 560 g/mol. The molecule has 3 aliphatic rings. The number of Topliss-reactive ketones (excluding diaryl/α,β-unsaturated/α-hetero) is 1. The van der Waals surface area contributed by atoms with E-state index in [0.717, 1.165) is 34.6 Å². The lowest BCUT2D eigenvalue weighted by Crippen LogP contribution is -2.51. The van der Waals surface area contributed by atoms with E-state index in [1.165, 1.54) is 15.6 Å². The molecule has 2 aromatic rings. The van der Waals surface area contributed by atoms with E-state index < -0.39 is 33.7 Å². The lowest BCUT2D eigenvalue weighted by Gasteiger charge is -2.35. The molecular formula is C30H38N4O5S2. The Labute approximate surface area is 246 Å². The third kappa shape index (κ3) is 6.51. The maximum absolute atomic E-state index is 13.5. The number of thiophene rings is 1. The minimum absolute atomic E-state index is 0.0300. The van der Waals surface area contributed by atoms with Crippen molar-refractivity contribution in [2.45, 2.75) is 75.5 Å². The second-order valence-corrected chi connectivity index (χ2v) is 15.3. The molecule has 4 atom stereocenters. The summed E-state index contributed by atoms with van der Waals surface area (Å²) in [6, 6.07) is 12.7. The van der Waals surface area contributed by atoms with Gasteiger partial charge in [-0.05, 0) is 82.2 Å². The molecule has 2 saturated heterocycles. The molecule has 0 spiro atoms. The van der Waals surface area contributed by atoms with Crippen LogP contribution in [0.2, 0.25) is 0 Å². The second-order valence-electron chi connectivity index (χ2n) is 12.2. The average molecular weight is 599 g/mol. The van der Waals surface area contributed by atoms with Crippen molar-refractivity contribution in [1.29, 1.82) is 5.26 Å². The molecule has 1 saturated carbocycles. The summed E-state index contributed by atoms with van der Waals surface area (Å²) in [5.41, 5.74) is 0.262. The molecule has 220 valence electrons. The minimum Gasteiger partial charge on any atom is -0.444 e. The number of nitrogens with one attached hydrogen (secondary N) is 1. The summed E-state index contributed by atoms with van der Waals surface area (Å²) in [5.74, 6) is -0.432. The van der Waals surface area contributed by atoms with Crippen molar-refractivity contribution >= 4 is 33.2 Å². The Kier molecular flexibility index (Phi) is 8.58. The molecule has 0 radical (unpaired) electrons. The van der Waals surface area contributed by atoms with Crippen molar-refractivity contribution in [3.63, 3.8) is 0 Å². The third-order valence-corrected chi connectivity index (χ3v) is 11.2. The minimum atomic E-state index is -3.52. The van der Waals surface area contributed by atoms with E-state index in [1.807, 2.05) is 45.0 Å². The van der Waals surface area contributed by atoms with Crippen molar-refractivity contribution in [2.75, 3.05) is 26.2 Å². The first-order valence-electron chi connectivity index (χ1n) is 14.3. The van der Waals surface area contributed by atoms with Crippen LogP contribution in [0.4, 0.5) is 4.79 Å². The maximum Gasteiger partial charge on any atom is 0.411 e. The quantitative estimate of drug-likeness (QED) is 0.477. The molecule has 1 amide bonds. The summed E-state index contributed by atoms with van der Waals surface area (Å²) in [4.78, 5) is 30.3. The number of carbonyl (C=O) groups is 2. The largest absolute Gasteiger partial charge is 0.444 e. The molecule has 2 bridgehead atoms. The molecule has 3 heterocycles. The Morgan fingerprint density at radius 1 is 1.12 bits per heavy atom. The number of likely N-dealkylation sites (tertiary alicyclic amines) is 1. The fourth-order valence-corrected chi connectivity index (χ4v) is 8.75. The van der Waals surface area contributed by atoms with Gasteiger partial charge in [0.05, 0.1) is 22.9 Å². The monoisotopic (exact) mass is 598 g/mol. The van der Waals surface area contributed by atoms with E-state index in [4.69, 9.17) is 4.74 Å². The van der Waals surface area contributed by atoms with Crippen LogP contribution in [0, 0.1) is 23.2 Å². The summed E-state index contributed by atoms with van der Waals surface area (Å²) in [5, 5.41) is 13.1. The first kappa shape index (κ1) is 29.7. The van der Waals surface area contributed by atoms with Crippen LogP contribution < -0.4 is 5.32 Å². The number of benzene rings is 1. The molecule has 1 N–H and O–H groups in total. The highest BCUT2D eigenvalue weighted by atomic mass is 32.2. The van der Waals surface area contributed by atoms with Gasteiger partial charge < -0.3 is 10.1 Å². The highest BCUT2D eigenvalue weighted by Crippen LogP contribution is 2.44. The van der Waals surface area contributed by atoms with E-state index in [0.29, 0.717) is 32.6 Å². The zero-order valence-electron chi connectivity index (χ0n) is 23.8. The molecule has 41 heavy (non-hydrogen) atoms. The number of hydrogen-bond acceptors (Lipinski definition) is 8. The smallest absolute Gasteiger partial charge is 0.411 e. The highest BCUT2D eigenvalue weighted by molar-refractivity contribution is 7.89. The van der Waals surface area contributed by atoms with Gasteiger partial charge in [0.15, 0.2) is 5.78 Å². The van der Waals surface area contributed by atoms with Crippen LogP contribution in [-0.4, -0.2) is 73.4 Å². The summed E-state index contributed by atoms with van der Waals surface area (Å²) in [6.45, 7) is 7.68. The number of sulfonamides is 1. The number of hydrogen-bond donors (Lipinski definition) is 1. The number of ketones is 1. The van der Waals surface area contributed by atoms with E-state index in [9.17, 15) is 23.3 Å². The van der Waals surface area contributed by atoms with Crippen molar-refractivity contribution in [2.24, 2.45) is 11.8 Å². The van der Waals surface area contributed by atoms with Crippen LogP contribution in [0.25, 0.3) is 10.4 Å². The van der Waals surface area contributed by atoms with Gasteiger partial charge in [-0.15, -0.1) is 11.3 Å². The van der Waals surface area contributed by atoms with Gasteiger partial charge in [0.2, 0.25) is 10.0 Å². The van der Waals surface area contributed by atoms with Crippen LogP contribution in [0.3, 0.4) is 0 Å². The topological polar surface area (TPSA) is 120 Å². The van der Waals surface area contributed by atoms with E-state index in [1.54, 1.807) is 17.0 Å². The van der Waals surface area contributed by atoms with Crippen LogP contribution in [0.1, 0.15) is 51.3 Å². The normalized spacial score (nSPS) is 23.8. The summed E-state index contributed by atoms with van der Waals surface area (Å²) in [6.07, 6.45) is 2.71. The fraction of sp³-hybridized carbons (Fsp3) is 0.567. The first-order valence-corrected chi connectivity index (χ1v) is 16.6. The molecule has 3 fully saturated rings. The van der Waals surface area contributed by atoms with Crippen LogP contribution in [-0.2, 0) is 26.0 Å². The molecule has 2 aliphatic heterocycles. The van der Waals surface area contributed by atoms with Gasteiger partial charge in [-0.25, -0.2) is 13.2 Å². The molecule has 0 unspecified atom stereocenters. The molecule has 1 aliphatic carbocycles. The van der Waals surface area contributed by atoms with Gasteiger partial charge >= 0.3 is 6.09 Å². The number of amides is 1. The second kappa shape index (κ2) is 11.8. The maximum atomic E-state index is 13.5. The Hall–Kier alpha value is -2.78. The number of carbonyl (C=O) groups excluding carboxylic acids is 2. The van der Waals surface area contributed by atoms with Crippen LogP contribution >= 0.6 is 11.3 Å². The summed E-state index contributed by atoms with van der Waals surface area (Å²) < 4.78 is 33.0. The standard InChI is InChI=1S/C30H38N4O5S2/c1-30(2,3)39-29(36)34-23-7-4-22(18-23)28(34)26(35)17-20(19-31)16-24-8-11-27(40-24)21-5-9-25(10-6-21)41(37,38)33-14-12-32-13-15-33/h5-6,8-11,20,22-23,28,32H,4,7,12-18H2,1-3H3/t20-,22+,23-,28+/m1/s1. The van der Waals surface area contributed by atoms with Crippen molar-refractivity contribution in [3.05, 3.63) is 41.3 Å². The molecule has 11 heteroatoms. The Bertz CT molecular complexity index is 1420. The molecule has 5 rings (SSSR count). The number of nitrogens with zero attached hydrogens (tertiary/aromatic N) is 3. The number of nitriles is 1. The van der Waals surface area contributed by atoms with Crippen LogP contribution in [0.5, 0.6) is 0 Å². The molecule has 9 nitrogen and oxygen atoms in total. The molecule has 1 aromatic heterocycles. The summed E-state index contributed by atoms with van der Waals surface area (Å²) >= 11 is 1.54. The SMILES string of the molecule is CC(C)(C)OC(=O)N1[C@@H]2CC[C@@H](C2)[C@H]1C(=O)C[C@H](C#N)Cc1ccc(-c2ccc(S(=O)(=O)N3CCNCC3)cc2)s1. The lowest BCUT2D eigenvalue weighted by atomic mass is 9.89. The Balaban J connectivity index is 1.23. The van der Waals surface area contributed by atoms with Gasteiger partial charge in [-0.3, -0.25) is 9.69 Å². The fourth-order valence-electron chi connectivity index (χ4n) is 6.22. The zero-order valence-corrected chi connectivity index (χ0v) is 25.5. The predicted octanol–water partition coefficient (Wildman–Crippen LogP) is 4.44. The van der Waals surface area contributed by atoms with E-state index in [-0.39, 0.29) is 29.1 Å². The summed E-state index contributed by atoms with van der Waals surface area (Å²) in [7, 11) is -3.52. The highest BCUT2D eigenvalue weighted by Gasteiger charge is 2.52. The zero-order chi connectivity index (χ0) is 29.4. The van der Waals surface area contributed by atoms with E-state index in [2.05, 4.69) is 11.4 Å². The van der Waals surface area contributed by atoms with Gasteiger partial charge in [0, 0.05) is 48.4 Å². The third-order valence-electron chi connectivity index (χ3n) is 8.11. The van der Waals surface area contributed by atoms with Crippen molar-refractivity contribution < 1.29 is 22.7 Å². The van der Waals surface area contributed by atoms with Crippen molar-refractivity contribution in [1.82, 2.24) is 14.5 Å². The van der Waals surface area contributed by atoms with Gasteiger partial charge in [-0.1, -0.05) is 12.1 Å². The predicted molar refractivity (Wildman–Crippen MR) is 157 cm³/mol. The van der Waals surface area contributed by atoms with E-state index >= 15 is 0 Å². The number of piperazine rings is 1. The van der Waals surface area contributed by atoms with Gasteiger partial charge in [0.25, 0.3) is 0 Å². The number of ether oxygens (including phenoxy) is 1. The van der Waals surface area contributed by atoms with Crippen LogP contribution in [0.15, 0.2) is 41.3 Å². The van der Waals surface area contributed by atoms with Crippen molar-refractivity contribution in [3.8, 4) is 16.5 Å².